The minimum Gasteiger partial charge on any atom is -0.497 e. The summed E-state index contributed by atoms with van der Waals surface area (Å²) in [6.45, 7) is 2.00. The summed E-state index contributed by atoms with van der Waals surface area (Å²) in [6.07, 6.45) is 3.83. The maximum atomic E-state index is 13.4. The molecule has 0 amide bonds. The Morgan fingerprint density at radius 3 is 2.48 bits per heavy atom. The van der Waals surface area contributed by atoms with Gasteiger partial charge >= 0.3 is 0 Å². The number of ether oxygens (including phenoxy) is 1. The van der Waals surface area contributed by atoms with Crippen LogP contribution in [0.3, 0.4) is 0 Å². The van der Waals surface area contributed by atoms with Crippen molar-refractivity contribution in [2.45, 2.75) is 6.92 Å². The maximum Gasteiger partial charge on any atom is 0.266 e. The second-order valence-corrected chi connectivity index (χ2v) is 7.91. The van der Waals surface area contributed by atoms with Gasteiger partial charge in [-0.15, -0.1) is 0 Å². The van der Waals surface area contributed by atoms with E-state index in [1.54, 1.807) is 11.7 Å². The zero-order valence-electron chi connectivity index (χ0n) is 16.1. The van der Waals surface area contributed by atoms with Gasteiger partial charge in [0, 0.05) is 3.57 Å². The standard InChI is InChI=1S/C24H19IN2O2/c1-16-5-3-4-6-22(16)27-23(14-9-17-7-11-19(29-2)12-8-17)26-21-13-10-18(25)15-20(21)24(27)28/h3-15H,1-2H3/b14-9+. The van der Waals surface area contributed by atoms with Gasteiger partial charge in [-0.1, -0.05) is 36.4 Å². The normalized spacial score (nSPS) is 11.3. The van der Waals surface area contributed by atoms with E-state index in [1.165, 1.54) is 0 Å². The highest BCUT2D eigenvalue weighted by Gasteiger charge is 2.13. The third-order valence-corrected chi connectivity index (χ3v) is 5.42. The van der Waals surface area contributed by atoms with Gasteiger partial charge in [0.15, 0.2) is 0 Å². The second-order valence-electron chi connectivity index (χ2n) is 6.67. The molecule has 1 heterocycles. The summed E-state index contributed by atoms with van der Waals surface area (Å²) >= 11 is 2.22. The van der Waals surface area contributed by atoms with Crippen LogP contribution in [-0.2, 0) is 0 Å². The summed E-state index contributed by atoms with van der Waals surface area (Å²) in [5.41, 5.74) is 3.46. The largest absolute Gasteiger partial charge is 0.497 e. The molecule has 0 saturated heterocycles. The van der Waals surface area contributed by atoms with Crippen molar-refractivity contribution in [1.29, 1.82) is 0 Å². The van der Waals surface area contributed by atoms with E-state index in [0.717, 1.165) is 26.1 Å². The molecule has 0 unspecified atom stereocenters. The van der Waals surface area contributed by atoms with Crippen LogP contribution in [-0.4, -0.2) is 16.7 Å². The minimum atomic E-state index is -0.0720. The number of fused-ring (bicyclic) bond motifs is 1. The summed E-state index contributed by atoms with van der Waals surface area (Å²) in [6, 6.07) is 21.3. The van der Waals surface area contributed by atoms with Gasteiger partial charge in [-0.3, -0.25) is 9.36 Å². The van der Waals surface area contributed by atoms with Gasteiger partial charge in [-0.05, 0) is 83.1 Å². The van der Waals surface area contributed by atoms with E-state index >= 15 is 0 Å². The zero-order chi connectivity index (χ0) is 20.4. The molecule has 144 valence electrons. The van der Waals surface area contributed by atoms with Crippen molar-refractivity contribution in [3.63, 3.8) is 0 Å². The Labute approximate surface area is 182 Å². The van der Waals surface area contributed by atoms with E-state index in [0.29, 0.717) is 16.7 Å². The second kappa shape index (κ2) is 8.21. The van der Waals surface area contributed by atoms with Crippen molar-refractivity contribution in [2.24, 2.45) is 0 Å². The van der Waals surface area contributed by atoms with Crippen molar-refractivity contribution in [2.75, 3.05) is 7.11 Å². The van der Waals surface area contributed by atoms with E-state index in [4.69, 9.17) is 9.72 Å². The first-order valence-electron chi connectivity index (χ1n) is 9.17. The predicted octanol–water partition coefficient (Wildman–Crippen LogP) is 5.48. The lowest BCUT2D eigenvalue weighted by atomic mass is 10.1. The molecule has 0 N–H and O–H groups in total. The van der Waals surface area contributed by atoms with Gasteiger partial charge in [0.1, 0.15) is 11.6 Å². The molecular formula is C24H19IN2O2. The monoisotopic (exact) mass is 494 g/mol. The van der Waals surface area contributed by atoms with Gasteiger partial charge < -0.3 is 4.74 Å². The lowest BCUT2D eigenvalue weighted by molar-refractivity contribution is 0.415. The predicted molar refractivity (Wildman–Crippen MR) is 127 cm³/mol. The Kier molecular flexibility index (Phi) is 5.49. The van der Waals surface area contributed by atoms with Crippen LogP contribution in [0.15, 0.2) is 71.5 Å². The summed E-state index contributed by atoms with van der Waals surface area (Å²) in [4.78, 5) is 18.2. The number of rotatable bonds is 4. The van der Waals surface area contributed by atoms with Crippen LogP contribution in [0.25, 0.3) is 28.7 Å². The Hall–Kier alpha value is -2.93. The van der Waals surface area contributed by atoms with Crippen molar-refractivity contribution >= 4 is 45.6 Å². The molecule has 0 aliphatic heterocycles. The summed E-state index contributed by atoms with van der Waals surface area (Å²) in [5, 5.41) is 0.613. The van der Waals surface area contributed by atoms with Crippen molar-refractivity contribution < 1.29 is 4.74 Å². The minimum absolute atomic E-state index is 0.0720. The Morgan fingerprint density at radius 1 is 1.00 bits per heavy atom. The highest BCUT2D eigenvalue weighted by Crippen LogP contribution is 2.20. The lowest BCUT2D eigenvalue weighted by Gasteiger charge is -2.13. The summed E-state index contributed by atoms with van der Waals surface area (Å²) in [7, 11) is 1.64. The molecule has 4 nitrogen and oxygen atoms in total. The van der Waals surface area contributed by atoms with E-state index in [9.17, 15) is 4.79 Å². The molecule has 4 rings (SSSR count). The van der Waals surface area contributed by atoms with Crippen LogP contribution < -0.4 is 10.3 Å². The molecule has 0 radical (unpaired) electrons. The fourth-order valence-corrected chi connectivity index (χ4v) is 3.71. The number of hydrogen-bond donors (Lipinski definition) is 0. The molecule has 1 aromatic heterocycles. The number of para-hydroxylation sites is 1. The third-order valence-electron chi connectivity index (χ3n) is 4.75. The molecule has 5 heteroatoms. The highest BCUT2D eigenvalue weighted by atomic mass is 127. The van der Waals surface area contributed by atoms with Gasteiger partial charge in [0.25, 0.3) is 5.56 Å². The van der Waals surface area contributed by atoms with E-state index in [-0.39, 0.29) is 5.56 Å². The van der Waals surface area contributed by atoms with Crippen LogP contribution in [0.1, 0.15) is 17.0 Å². The summed E-state index contributed by atoms with van der Waals surface area (Å²) < 4.78 is 7.91. The molecule has 0 atom stereocenters. The van der Waals surface area contributed by atoms with Gasteiger partial charge in [0.05, 0.1) is 23.7 Å². The van der Waals surface area contributed by atoms with Crippen LogP contribution >= 0.6 is 22.6 Å². The number of aromatic nitrogens is 2. The van der Waals surface area contributed by atoms with Crippen molar-refractivity contribution in [1.82, 2.24) is 9.55 Å². The molecule has 0 bridgehead atoms. The average Bonchev–Trinajstić information content (AvgIpc) is 2.74. The maximum absolute atomic E-state index is 13.4. The number of halogens is 1. The molecule has 29 heavy (non-hydrogen) atoms. The van der Waals surface area contributed by atoms with E-state index in [2.05, 4.69) is 22.6 Å². The number of benzene rings is 3. The first kappa shape index (κ1) is 19.4. The van der Waals surface area contributed by atoms with E-state index in [1.807, 2.05) is 85.8 Å². The molecule has 4 aromatic rings. The SMILES string of the molecule is COc1ccc(/C=C/c2nc3ccc(I)cc3c(=O)n2-c2ccccc2C)cc1. The molecule has 0 aliphatic rings. The van der Waals surface area contributed by atoms with E-state index < -0.39 is 0 Å². The Balaban J connectivity index is 1.92. The number of hydrogen-bond acceptors (Lipinski definition) is 3. The number of methoxy groups -OCH3 is 1. The Morgan fingerprint density at radius 2 is 1.76 bits per heavy atom. The first-order chi connectivity index (χ1) is 14.1. The molecular weight excluding hydrogens is 475 g/mol. The average molecular weight is 494 g/mol. The Bertz CT molecular complexity index is 1270. The molecule has 0 aliphatic carbocycles. The van der Waals surface area contributed by atoms with Gasteiger partial charge in [-0.25, -0.2) is 4.98 Å². The zero-order valence-corrected chi connectivity index (χ0v) is 18.3. The molecule has 3 aromatic carbocycles. The molecule has 0 spiro atoms. The smallest absolute Gasteiger partial charge is 0.266 e. The quantitative estimate of drug-likeness (QED) is 0.353. The van der Waals surface area contributed by atoms with Crippen LogP contribution in [0.4, 0.5) is 0 Å². The summed E-state index contributed by atoms with van der Waals surface area (Å²) in [5.74, 6) is 1.39. The van der Waals surface area contributed by atoms with Gasteiger partial charge in [-0.2, -0.15) is 0 Å². The van der Waals surface area contributed by atoms with Crippen LogP contribution in [0.5, 0.6) is 5.75 Å². The van der Waals surface area contributed by atoms with Crippen molar-refractivity contribution in [3.8, 4) is 11.4 Å². The fourth-order valence-electron chi connectivity index (χ4n) is 3.22. The first-order valence-corrected chi connectivity index (χ1v) is 10.2. The molecule has 0 fully saturated rings. The van der Waals surface area contributed by atoms with Crippen molar-refractivity contribution in [3.05, 3.63) is 97.6 Å². The third kappa shape index (κ3) is 3.96. The van der Waals surface area contributed by atoms with Gasteiger partial charge in [0.2, 0.25) is 0 Å². The van der Waals surface area contributed by atoms with Crippen LogP contribution in [0.2, 0.25) is 0 Å². The topological polar surface area (TPSA) is 44.1 Å². The number of aryl methyl sites for hydroxylation is 1. The van der Waals surface area contributed by atoms with Crippen LogP contribution in [0, 0.1) is 10.5 Å². The fraction of sp³-hybridized carbons (Fsp3) is 0.0833. The lowest BCUT2D eigenvalue weighted by Crippen LogP contribution is -2.23. The molecule has 0 saturated carbocycles. The highest BCUT2D eigenvalue weighted by molar-refractivity contribution is 14.1. The number of nitrogens with zero attached hydrogens (tertiary/aromatic N) is 2.